The summed E-state index contributed by atoms with van der Waals surface area (Å²) in [6.07, 6.45) is 4.50. The van der Waals surface area contributed by atoms with E-state index in [9.17, 15) is 4.79 Å². The first-order chi connectivity index (χ1) is 9.08. The Balaban J connectivity index is 3.14. The van der Waals surface area contributed by atoms with Crippen LogP contribution in [0.2, 0.25) is 0 Å². The molecule has 0 aromatic heterocycles. The number of hydrogen-bond donors (Lipinski definition) is 0. The molecule has 3 heteroatoms. The Bertz CT molecular complexity index is 477. The van der Waals surface area contributed by atoms with Crippen molar-refractivity contribution < 1.29 is 4.79 Å². The first-order valence-corrected chi connectivity index (χ1v) is 7.71. The zero-order valence-electron chi connectivity index (χ0n) is 12.0. The minimum Gasteiger partial charge on any atom is -0.294 e. The minimum atomic E-state index is 0.0449. The van der Waals surface area contributed by atoms with Crippen molar-refractivity contribution in [1.82, 2.24) is 0 Å². The average molecular weight is 275 g/mol. The van der Waals surface area contributed by atoms with Gasteiger partial charge in [0.2, 0.25) is 0 Å². The van der Waals surface area contributed by atoms with Crippen LogP contribution in [0.3, 0.4) is 0 Å². The van der Waals surface area contributed by atoms with Crippen LogP contribution in [0, 0.1) is 5.92 Å². The highest BCUT2D eigenvalue weighted by molar-refractivity contribution is 8.13. The van der Waals surface area contributed by atoms with Gasteiger partial charge in [-0.25, -0.2) is 4.99 Å². The minimum absolute atomic E-state index is 0.0449. The Morgan fingerprint density at radius 3 is 2.53 bits per heavy atom. The standard InChI is InChI=1S/C16H21NOS/c1-5-12(2)16(18)11-15(17-13(3)19-4)14-9-7-6-8-10-14/h6-12H,5H2,1-4H3/b15-11-,17-13+. The molecule has 1 rings (SSSR count). The molecule has 102 valence electrons. The molecule has 0 saturated carbocycles. The van der Waals surface area contributed by atoms with Crippen molar-refractivity contribution in [2.45, 2.75) is 27.2 Å². The van der Waals surface area contributed by atoms with E-state index >= 15 is 0 Å². The van der Waals surface area contributed by atoms with Crippen LogP contribution in [0.25, 0.3) is 5.70 Å². The molecule has 0 aliphatic rings. The zero-order valence-corrected chi connectivity index (χ0v) is 12.8. The van der Waals surface area contributed by atoms with E-state index in [1.807, 2.05) is 57.4 Å². The number of benzene rings is 1. The van der Waals surface area contributed by atoms with Gasteiger partial charge >= 0.3 is 0 Å². The second-order valence-electron chi connectivity index (χ2n) is 4.44. The number of rotatable bonds is 5. The molecule has 0 bridgehead atoms. The van der Waals surface area contributed by atoms with E-state index in [0.29, 0.717) is 0 Å². The predicted octanol–water partition coefficient (Wildman–Crippen LogP) is 4.42. The number of aliphatic imine (C=N–C) groups is 1. The number of hydrogen-bond acceptors (Lipinski definition) is 3. The van der Waals surface area contributed by atoms with E-state index in [1.165, 1.54) is 0 Å². The molecule has 0 aliphatic carbocycles. The predicted molar refractivity (Wildman–Crippen MR) is 85.5 cm³/mol. The molecule has 19 heavy (non-hydrogen) atoms. The maximum absolute atomic E-state index is 12.1. The largest absolute Gasteiger partial charge is 0.294 e. The van der Waals surface area contributed by atoms with Gasteiger partial charge in [-0.15, -0.1) is 11.8 Å². The SMILES string of the molecule is CCC(C)C(=O)/C=C(\N=C(/C)SC)c1ccccc1. The van der Waals surface area contributed by atoms with Gasteiger partial charge in [0, 0.05) is 17.6 Å². The third kappa shape index (κ3) is 5.03. The van der Waals surface area contributed by atoms with E-state index in [1.54, 1.807) is 17.8 Å². The average Bonchev–Trinajstić information content (AvgIpc) is 2.46. The fourth-order valence-electron chi connectivity index (χ4n) is 1.48. The lowest BCUT2D eigenvalue weighted by Gasteiger charge is -2.07. The fourth-order valence-corrected chi connectivity index (χ4v) is 1.67. The summed E-state index contributed by atoms with van der Waals surface area (Å²) in [5.41, 5.74) is 1.73. The third-order valence-electron chi connectivity index (χ3n) is 3.02. The van der Waals surface area contributed by atoms with Gasteiger partial charge in [0.05, 0.1) is 10.7 Å². The van der Waals surface area contributed by atoms with E-state index in [-0.39, 0.29) is 11.7 Å². The number of carbonyl (C=O) groups is 1. The van der Waals surface area contributed by atoms with Crippen LogP contribution in [-0.4, -0.2) is 17.1 Å². The van der Waals surface area contributed by atoms with Gasteiger partial charge in [0.25, 0.3) is 0 Å². The Labute approximate surface area is 120 Å². The molecule has 1 aromatic carbocycles. The molecular weight excluding hydrogens is 254 g/mol. The van der Waals surface area contributed by atoms with Crippen LogP contribution in [0.1, 0.15) is 32.8 Å². The van der Waals surface area contributed by atoms with Gasteiger partial charge < -0.3 is 0 Å². The molecule has 0 amide bonds. The monoisotopic (exact) mass is 275 g/mol. The van der Waals surface area contributed by atoms with E-state index in [0.717, 1.165) is 22.7 Å². The van der Waals surface area contributed by atoms with Gasteiger partial charge in [-0.2, -0.15) is 0 Å². The molecule has 2 nitrogen and oxygen atoms in total. The number of thioether (sulfide) groups is 1. The number of allylic oxidation sites excluding steroid dienone is 1. The highest BCUT2D eigenvalue weighted by atomic mass is 32.2. The number of nitrogens with zero attached hydrogens (tertiary/aromatic N) is 1. The van der Waals surface area contributed by atoms with Crippen LogP contribution < -0.4 is 0 Å². The van der Waals surface area contributed by atoms with Crippen molar-refractivity contribution in [3.63, 3.8) is 0 Å². The molecule has 1 atom stereocenters. The lowest BCUT2D eigenvalue weighted by atomic mass is 10.0. The van der Waals surface area contributed by atoms with Crippen molar-refractivity contribution in [3.05, 3.63) is 42.0 Å². The lowest BCUT2D eigenvalue weighted by Crippen LogP contribution is -2.07. The van der Waals surface area contributed by atoms with Crippen molar-refractivity contribution >= 4 is 28.3 Å². The van der Waals surface area contributed by atoms with E-state index in [4.69, 9.17) is 0 Å². The van der Waals surface area contributed by atoms with Crippen molar-refractivity contribution in [2.75, 3.05) is 6.26 Å². The highest BCUT2D eigenvalue weighted by Crippen LogP contribution is 2.19. The highest BCUT2D eigenvalue weighted by Gasteiger charge is 2.10. The second-order valence-corrected chi connectivity index (χ2v) is 5.44. The Morgan fingerprint density at radius 1 is 1.37 bits per heavy atom. The van der Waals surface area contributed by atoms with Crippen LogP contribution in [0.15, 0.2) is 41.4 Å². The molecule has 1 aromatic rings. The maximum atomic E-state index is 12.1. The smallest absolute Gasteiger partial charge is 0.160 e. The molecule has 0 spiro atoms. The quantitative estimate of drug-likeness (QED) is 0.452. The summed E-state index contributed by atoms with van der Waals surface area (Å²) in [7, 11) is 0. The van der Waals surface area contributed by atoms with Crippen molar-refractivity contribution in [3.8, 4) is 0 Å². The Kier molecular flexibility index (Phi) is 6.57. The molecule has 0 saturated heterocycles. The van der Waals surface area contributed by atoms with Crippen molar-refractivity contribution in [2.24, 2.45) is 10.9 Å². The summed E-state index contributed by atoms with van der Waals surface area (Å²) in [4.78, 5) is 16.6. The summed E-state index contributed by atoms with van der Waals surface area (Å²) in [5, 5.41) is 0.951. The first-order valence-electron chi connectivity index (χ1n) is 6.48. The molecular formula is C16H21NOS. The topological polar surface area (TPSA) is 29.4 Å². The molecule has 0 N–H and O–H groups in total. The summed E-state index contributed by atoms with van der Waals surface area (Å²) in [6, 6.07) is 9.84. The van der Waals surface area contributed by atoms with Gasteiger partial charge in [-0.3, -0.25) is 4.79 Å². The van der Waals surface area contributed by atoms with Crippen LogP contribution in [0.5, 0.6) is 0 Å². The van der Waals surface area contributed by atoms with Gasteiger partial charge in [-0.05, 0) is 19.6 Å². The van der Waals surface area contributed by atoms with Crippen LogP contribution in [-0.2, 0) is 4.79 Å². The third-order valence-corrected chi connectivity index (χ3v) is 3.70. The molecule has 0 radical (unpaired) electrons. The normalized spacial score (nSPS) is 14.3. The van der Waals surface area contributed by atoms with Gasteiger partial charge in [0.1, 0.15) is 0 Å². The number of ketones is 1. The molecule has 0 fully saturated rings. The summed E-state index contributed by atoms with van der Waals surface area (Å²) >= 11 is 1.59. The van der Waals surface area contributed by atoms with E-state index in [2.05, 4.69) is 4.99 Å². The van der Waals surface area contributed by atoms with Crippen LogP contribution >= 0.6 is 11.8 Å². The maximum Gasteiger partial charge on any atom is 0.160 e. The zero-order chi connectivity index (χ0) is 14.3. The second kappa shape index (κ2) is 7.95. The number of carbonyl (C=O) groups excluding carboxylic acids is 1. The summed E-state index contributed by atoms with van der Waals surface area (Å²) < 4.78 is 0. The van der Waals surface area contributed by atoms with Gasteiger partial charge in [0.15, 0.2) is 5.78 Å². The summed E-state index contributed by atoms with van der Waals surface area (Å²) in [6.45, 7) is 5.93. The molecule has 0 heterocycles. The Morgan fingerprint density at radius 2 is 2.00 bits per heavy atom. The van der Waals surface area contributed by atoms with Crippen LogP contribution in [0.4, 0.5) is 0 Å². The first kappa shape index (κ1) is 15.7. The Hall–Kier alpha value is -1.35. The fraction of sp³-hybridized carbons (Fsp3) is 0.375. The van der Waals surface area contributed by atoms with E-state index < -0.39 is 0 Å². The van der Waals surface area contributed by atoms with Gasteiger partial charge in [-0.1, -0.05) is 44.2 Å². The summed E-state index contributed by atoms with van der Waals surface area (Å²) in [5.74, 6) is 0.183. The lowest BCUT2D eigenvalue weighted by molar-refractivity contribution is -0.117. The van der Waals surface area contributed by atoms with Crippen molar-refractivity contribution in [1.29, 1.82) is 0 Å². The molecule has 1 unspecified atom stereocenters. The molecule has 0 aliphatic heterocycles.